The highest BCUT2D eigenvalue weighted by Gasteiger charge is 2.16. The topological polar surface area (TPSA) is 55.1 Å². The fourth-order valence-electron chi connectivity index (χ4n) is 1.95. The van der Waals surface area contributed by atoms with Gasteiger partial charge in [-0.2, -0.15) is 0 Å². The smallest absolute Gasteiger partial charge is 0.263 e. The molecule has 0 fully saturated rings. The van der Waals surface area contributed by atoms with E-state index in [4.69, 9.17) is 28.9 Å². The van der Waals surface area contributed by atoms with E-state index in [2.05, 4.69) is 5.32 Å². The molecule has 0 saturated carbocycles. The number of carbonyl (C=O) groups is 1. The molecule has 1 aromatic carbocycles. The average Bonchev–Trinajstić information content (AvgIpc) is 3.00. The number of halogens is 2. The third-order valence-corrected chi connectivity index (χ3v) is 5.58. The molecule has 0 aliphatic rings. The van der Waals surface area contributed by atoms with Crippen LogP contribution in [0.5, 0.6) is 0 Å². The summed E-state index contributed by atoms with van der Waals surface area (Å²) in [4.78, 5) is 13.8. The van der Waals surface area contributed by atoms with Gasteiger partial charge < -0.3 is 11.1 Å². The number of fused-ring (bicyclic) bond motifs is 1. The van der Waals surface area contributed by atoms with Gasteiger partial charge in [0.2, 0.25) is 0 Å². The minimum atomic E-state index is -0.186. The molecule has 3 nitrogen and oxygen atoms in total. The van der Waals surface area contributed by atoms with E-state index in [1.807, 2.05) is 24.3 Å². The minimum Gasteiger partial charge on any atom is -0.397 e. The molecule has 7 heteroatoms. The molecule has 1 amide bonds. The monoisotopic (exact) mass is 356 g/mol. The summed E-state index contributed by atoms with van der Waals surface area (Å²) >= 11 is 14.6. The summed E-state index contributed by atoms with van der Waals surface area (Å²) in [6.07, 6.45) is 0. The van der Waals surface area contributed by atoms with E-state index in [0.717, 1.165) is 15.0 Å². The molecule has 21 heavy (non-hydrogen) atoms. The fraction of sp³-hybridized carbons (Fsp3) is 0.0714. The number of hydrogen-bond acceptors (Lipinski definition) is 4. The Balaban J connectivity index is 1.82. The van der Waals surface area contributed by atoms with Crippen LogP contribution in [0, 0.1) is 0 Å². The second-order valence-corrected chi connectivity index (χ2v) is 7.66. The van der Waals surface area contributed by atoms with Gasteiger partial charge in [0.15, 0.2) is 0 Å². The number of nitrogens with two attached hydrogens (primary N) is 1. The molecule has 0 aliphatic heterocycles. The molecule has 2 heterocycles. The molecular weight excluding hydrogens is 347 g/mol. The van der Waals surface area contributed by atoms with E-state index < -0.39 is 0 Å². The summed E-state index contributed by atoms with van der Waals surface area (Å²) in [6, 6.07) is 9.11. The first-order chi connectivity index (χ1) is 10.0. The van der Waals surface area contributed by atoms with Crippen molar-refractivity contribution in [2.45, 2.75) is 6.54 Å². The first-order valence-corrected chi connectivity index (χ1v) is 8.43. The maximum absolute atomic E-state index is 12.3. The van der Waals surface area contributed by atoms with Crippen LogP contribution in [0.15, 0.2) is 30.3 Å². The third-order valence-electron chi connectivity index (χ3n) is 2.95. The van der Waals surface area contributed by atoms with E-state index in [1.54, 1.807) is 6.07 Å². The summed E-state index contributed by atoms with van der Waals surface area (Å²) < 4.78 is 1.61. The quantitative estimate of drug-likeness (QED) is 0.709. The van der Waals surface area contributed by atoms with Crippen molar-refractivity contribution in [1.82, 2.24) is 5.32 Å². The van der Waals surface area contributed by atoms with Crippen LogP contribution in [0.25, 0.3) is 10.1 Å². The Labute approximate surface area is 139 Å². The SMILES string of the molecule is Nc1c(C(=O)NCc2ccc(Cl)s2)sc2cc(Cl)ccc12. The van der Waals surface area contributed by atoms with Gasteiger partial charge in [-0.3, -0.25) is 4.79 Å². The highest BCUT2D eigenvalue weighted by Crippen LogP contribution is 2.35. The number of amides is 1. The van der Waals surface area contributed by atoms with Gasteiger partial charge >= 0.3 is 0 Å². The van der Waals surface area contributed by atoms with Crippen molar-refractivity contribution < 1.29 is 4.79 Å². The predicted molar refractivity (Wildman–Crippen MR) is 91.7 cm³/mol. The largest absolute Gasteiger partial charge is 0.397 e. The van der Waals surface area contributed by atoms with Crippen LogP contribution in [0.3, 0.4) is 0 Å². The van der Waals surface area contributed by atoms with Crippen molar-refractivity contribution in [2.75, 3.05) is 5.73 Å². The zero-order chi connectivity index (χ0) is 15.0. The molecule has 0 radical (unpaired) electrons. The minimum absolute atomic E-state index is 0.186. The Morgan fingerprint density at radius 1 is 1.19 bits per heavy atom. The van der Waals surface area contributed by atoms with Crippen molar-refractivity contribution in [3.05, 3.63) is 49.4 Å². The van der Waals surface area contributed by atoms with Crippen LogP contribution in [0.2, 0.25) is 9.36 Å². The zero-order valence-corrected chi connectivity index (χ0v) is 13.8. The lowest BCUT2D eigenvalue weighted by Gasteiger charge is -2.02. The maximum Gasteiger partial charge on any atom is 0.263 e. The molecule has 0 bridgehead atoms. The van der Waals surface area contributed by atoms with Crippen LogP contribution >= 0.6 is 45.9 Å². The standard InChI is InChI=1S/C14H10Cl2N2OS2/c15-7-1-3-9-10(5-7)21-13(12(9)17)14(19)18-6-8-2-4-11(16)20-8/h1-5H,6,17H2,(H,18,19). The molecule has 2 aromatic heterocycles. The van der Waals surface area contributed by atoms with Gasteiger partial charge in [0.1, 0.15) is 4.88 Å². The molecule has 3 N–H and O–H groups in total. The normalized spacial score (nSPS) is 11.0. The van der Waals surface area contributed by atoms with Crippen molar-refractivity contribution in [2.24, 2.45) is 0 Å². The number of nitrogen functional groups attached to an aromatic ring is 1. The Morgan fingerprint density at radius 3 is 2.71 bits per heavy atom. The lowest BCUT2D eigenvalue weighted by atomic mass is 10.2. The summed E-state index contributed by atoms with van der Waals surface area (Å²) in [7, 11) is 0. The molecule has 108 valence electrons. The summed E-state index contributed by atoms with van der Waals surface area (Å²) in [5.74, 6) is -0.186. The van der Waals surface area contributed by atoms with Gasteiger partial charge in [-0.25, -0.2) is 0 Å². The summed E-state index contributed by atoms with van der Waals surface area (Å²) in [5, 5.41) is 4.34. The van der Waals surface area contributed by atoms with E-state index in [1.165, 1.54) is 22.7 Å². The van der Waals surface area contributed by atoms with Crippen LogP contribution in [0.4, 0.5) is 5.69 Å². The molecule has 0 saturated heterocycles. The molecule has 3 rings (SSSR count). The molecule has 0 unspecified atom stereocenters. The van der Waals surface area contributed by atoms with Crippen LogP contribution < -0.4 is 11.1 Å². The lowest BCUT2D eigenvalue weighted by molar-refractivity contribution is 0.0956. The Kier molecular flexibility index (Phi) is 4.08. The van der Waals surface area contributed by atoms with Crippen molar-refractivity contribution in [1.29, 1.82) is 0 Å². The predicted octanol–water partition coefficient (Wildman–Crippen LogP) is 4.78. The first kappa shape index (κ1) is 14.7. The Bertz CT molecular complexity index is 826. The fourth-order valence-corrected chi connectivity index (χ4v) is 4.30. The first-order valence-electron chi connectivity index (χ1n) is 6.04. The van der Waals surface area contributed by atoms with Gasteiger partial charge in [-0.05, 0) is 30.3 Å². The van der Waals surface area contributed by atoms with Gasteiger partial charge in [0.25, 0.3) is 5.91 Å². The number of hydrogen-bond donors (Lipinski definition) is 2. The maximum atomic E-state index is 12.3. The van der Waals surface area contributed by atoms with Crippen LogP contribution in [-0.4, -0.2) is 5.91 Å². The van der Waals surface area contributed by atoms with Crippen molar-refractivity contribution >= 4 is 67.6 Å². The molecule has 3 aromatic rings. The van der Waals surface area contributed by atoms with E-state index >= 15 is 0 Å². The van der Waals surface area contributed by atoms with E-state index in [9.17, 15) is 4.79 Å². The Morgan fingerprint density at radius 2 is 2.00 bits per heavy atom. The Hall–Kier alpha value is -1.27. The summed E-state index contributed by atoms with van der Waals surface area (Å²) in [5.41, 5.74) is 6.54. The number of nitrogens with one attached hydrogen (secondary N) is 1. The van der Waals surface area contributed by atoms with E-state index in [0.29, 0.717) is 26.5 Å². The number of thiophene rings is 2. The average molecular weight is 357 g/mol. The number of carbonyl (C=O) groups excluding carboxylic acids is 1. The van der Waals surface area contributed by atoms with Gasteiger partial charge in [-0.15, -0.1) is 22.7 Å². The highest BCUT2D eigenvalue weighted by molar-refractivity contribution is 7.21. The summed E-state index contributed by atoms with van der Waals surface area (Å²) in [6.45, 7) is 0.435. The number of rotatable bonds is 3. The van der Waals surface area contributed by atoms with Crippen LogP contribution in [-0.2, 0) is 6.54 Å². The molecular formula is C14H10Cl2N2OS2. The molecule has 0 aliphatic carbocycles. The van der Waals surface area contributed by atoms with Gasteiger partial charge in [0.05, 0.1) is 16.6 Å². The van der Waals surface area contributed by atoms with E-state index in [-0.39, 0.29) is 5.91 Å². The third kappa shape index (κ3) is 3.01. The molecule has 0 spiro atoms. The van der Waals surface area contributed by atoms with Gasteiger partial charge in [0, 0.05) is 20.0 Å². The van der Waals surface area contributed by atoms with Gasteiger partial charge in [-0.1, -0.05) is 23.2 Å². The molecule has 0 atom stereocenters. The van der Waals surface area contributed by atoms with Crippen molar-refractivity contribution in [3.63, 3.8) is 0 Å². The van der Waals surface area contributed by atoms with Crippen LogP contribution in [0.1, 0.15) is 14.5 Å². The highest BCUT2D eigenvalue weighted by atomic mass is 35.5. The zero-order valence-electron chi connectivity index (χ0n) is 10.7. The number of benzene rings is 1. The second-order valence-electron chi connectivity index (χ2n) is 4.37. The second kappa shape index (κ2) is 5.85. The van der Waals surface area contributed by atoms with Crippen molar-refractivity contribution in [3.8, 4) is 0 Å². The number of anilines is 1. The lowest BCUT2D eigenvalue weighted by Crippen LogP contribution is -2.22.